The van der Waals surface area contributed by atoms with Crippen molar-refractivity contribution >= 4 is 23.6 Å². The number of halogens is 1. The second kappa shape index (κ2) is 8.33. The van der Waals surface area contributed by atoms with Crippen LogP contribution in [0.2, 0.25) is 5.02 Å². The van der Waals surface area contributed by atoms with Crippen LogP contribution in [0.1, 0.15) is 5.56 Å². The first-order chi connectivity index (χ1) is 9.99. The van der Waals surface area contributed by atoms with E-state index in [9.17, 15) is 9.59 Å². The standard InChI is InChI=1S/C13H17ClN2O5/c1-20-10-5-3-4-9(14)8(10)6-15-13(19)16-7-11(21-2)12(17)18/h3-5,11H,6-7H2,1-2H3,(H,17,18)(H2,15,16,19). The minimum atomic E-state index is -1.15. The molecule has 0 aliphatic rings. The minimum Gasteiger partial charge on any atom is -0.496 e. The Morgan fingerprint density at radius 1 is 1.33 bits per heavy atom. The molecule has 0 saturated carbocycles. The second-order valence-electron chi connectivity index (χ2n) is 4.05. The van der Waals surface area contributed by atoms with E-state index in [2.05, 4.69) is 10.6 Å². The van der Waals surface area contributed by atoms with Gasteiger partial charge in [-0.15, -0.1) is 0 Å². The molecule has 1 aromatic rings. The summed E-state index contributed by atoms with van der Waals surface area (Å²) >= 11 is 6.03. The van der Waals surface area contributed by atoms with Gasteiger partial charge in [-0.25, -0.2) is 9.59 Å². The highest BCUT2D eigenvalue weighted by atomic mass is 35.5. The number of urea groups is 1. The summed E-state index contributed by atoms with van der Waals surface area (Å²) in [5.74, 6) is -0.589. The number of carbonyl (C=O) groups excluding carboxylic acids is 1. The van der Waals surface area contributed by atoms with Crippen molar-refractivity contribution in [3.05, 3.63) is 28.8 Å². The van der Waals surface area contributed by atoms with E-state index in [0.29, 0.717) is 16.3 Å². The molecule has 1 unspecified atom stereocenters. The summed E-state index contributed by atoms with van der Waals surface area (Å²) in [6.07, 6.45) is -1.09. The lowest BCUT2D eigenvalue weighted by atomic mass is 10.2. The Labute approximate surface area is 127 Å². The Morgan fingerprint density at radius 2 is 2.05 bits per heavy atom. The van der Waals surface area contributed by atoms with Crippen molar-refractivity contribution in [1.82, 2.24) is 10.6 Å². The zero-order chi connectivity index (χ0) is 15.8. The summed E-state index contributed by atoms with van der Waals surface area (Å²) in [6.45, 7) is 0.0106. The van der Waals surface area contributed by atoms with Gasteiger partial charge in [0, 0.05) is 24.2 Å². The number of benzene rings is 1. The summed E-state index contributed by atoms with van der Waals surface area (Å²) < 4.78 is 9.85. The van der Waals surface area contributed by atoms with E-state index in [4.69, 9.17) is 26.2 Å². The van der Waals surface area contributed by atoms with Crippen LogP contribution in [0.5, 0.6) is 5.75 Å². The maximum atomic E-state index is 11.6. The summed E-state index contributed by atoms with van der Waals surface area (Å²) in [7, 11) is 2.76. The molecule has 21 heavy (non-hydrogen) atoms. The molecule has 7 nitrogen and oxygen atoms in total. The highest BCUT2D eigenvalue weighted by Crippen LogP contribution is 2.25. The third-order valence-electron chi connectivity index (χ3n) is 2.73. The quantitative estimate of drug-likeness (QED) is 0.703. The van der Waals surface area contributed by atoms with E-state index in [1.54, 1.807) is 18.2 Å². The SMILES string of the molecule is COc1cccc(Cl)c1CNC(=O)NCC(OC)C(=O)O. The molecule has 1 atom stereocenters. The molecule has 0 bridgehead atoms. The molecule has 0 aromatic heterocycles. The van der Waals surface area contributed by atoms with Gasteiger partial charge in [0.1, 0.15) is 5.75 Å². The van der Waals surface area contributed by atoms with Crippen molar-refractivity contribution < 1.29 is 24.2 Å². The van der Waals surface area contributed by atoms with Crippen molar-refractivity contribution in [3.8, 4) is 5.75 Å². The molecule has 0 radical (unpaired) electrons. The van der Waals surface area contributed by atoms with Crippen LogP contribution in [0.3, 0.4) is 0 Å². The van der Waals surface area contributed by atoms with Crippen molar-refractivity contribution in [1.29, 1.82) is 0 Å². The first kappa shape index (κ1) is 17.1. The number of amides is 2. The molecule has 8 heteroatoms. The maximum Gasteiger partial charge on any atom is 0.334 e. The van der Waals surface area contributed by atoms with Crippen LogP contribution in [0.25, 0.3) is 0 Å². The number of ether oxygens (including phenoxy) is 2. The van der Waals surface area contributed by atoms with Gasteiger partial charge in [-0.3, -0.25) is 0 Å². The van der Waals surface area contributed by atoms with Crippen LogP contribution in [-0.4, -0.2) is 44.0 Å². The number of nitrogens with one attached hydrogen (secondary N) is 2. The third-order valence-corrected chi connectivity index (χ3v) is 3.08. The van der Waals surface area contributed by atoms with Gasteiger partial charge in [-0.2, -0.15) is 0 Å². The summed E-state index contributed by atoms with van der Waals surface area (Å²) in [4.78, 5) is 22.3. The highest BCUT2D eigenvalue weighted by Gasteiger charge is 2.17. The number of carboxylic acids is 1. The average molecular weight is 317 g/mol. The molecule has 3 N–H and O–H groups in total. The number of hydrogen-bond acceptors (Lipinski definition) is 4. The van der Waals surface area contributed by atoms with E-state index in [-0.39, 0.29) is 13.1 Å². The monoisotopic (exact) mass is 316 g/mol. The second-order valence-corrected chi connectivity index (χ2v) is 4.45. The van der Waals surface area contributed by atoms with Crippen molar-refractivity contribution in [3.63, 3.8) is 0 Å². The number of carbonyl (C=O) groups is 2. The van der Waals surface area contributed by atoms with Crippen LogP contribution in [0.15, 0.2) is 18.2 Å². The molecule has 0 spiro atoms. The van der Waals surface area contributed by atoms with Crippen LogP contribution in [-0.2, 0) is 16.1 Å². The van der Waals surface area contributed by atoms with Gasteiger partial charge in [-0.05, 0) is 12.1 Å². The van der Waals surface area contributed by atoms with Gasteiger partial charge < -0.3 is 25.2 Å². The van der Waals surface area contributed by atoms with Crippen molar-refractivity contribution in [2.75, 3.05) is 20.8 Å². The average Bonchev–Trinajstić information content (AvgIpc) is 2.45. The molecule has 1 rings (SSSR count). The van der Waals surface area contributed by atoms with Crippen LogP contribution in [0, 0.1) is 0 Å². The fourth-order valence-corrected chi connectivity index (χ4v) is 1.82. The lowest BCUT2D eigenvalue weighted by Gasteiger charge is -2.14. The lowest BCUT2D eigenvalue weighted by molar-refractivity contribution is -0.147. The molecular weight excluding hydrogens is 300 g/mol. The number of carboxylic acid groups (broad SMARTS) is 1. The minimum absolute atomic E-state index is 0.142. The van der Waals surface area contributed by atoms with Crippen LogP contribution >= 0.6 is 11.6 Å². The van der Waals surface area contributed by atoms with Crippen LogP contribution < -0.4 is 15.4 Å². The van der Waals surface area contributed by atoms with Gasteiger partial charge in [0.2, 0.25) is 0 Å². The molecule has 0 saturated heterocycles. The third kappa shape index (κ3) is 5.13. The Balaban J connectivity index is 2.52. The zero-order valence-electron chi connectivity index (χ0n) is 11.7. The Hall–Kier alpha value is -1.99. The number of rotatable bonds is 7. The van der Waals surface area contributed by atoms with E-state index < -0.39 is 18.1 Å². The van der Waals surface area contributed by atoms with E-state index in [1.807, 2.05) is 0 Å². The smallest absolute Gasteiger partial charge is 0.334 e. The molecular formula is C13H17ClN2O5. The fourth-order valence-electron chi connectivity index (χ4n) is 1.59. The number of hydrogen-bond donors (Lipinski definition) is 3. The van der Waals surface area contributed by atoms with Gasteiger partial charge in [-0.1, -0.05) is 17.7 Å². The van der Waals surface area contributed by atoms with E-state index >= 15 is 0 Å². The molecule has 1 aromatic carbocycles. The molecule has 0 aliphatic heterocycles. The summed E-state index contributed by atoms with van der Waals surface area (Å²) in [5, 5.41) is 14.2. The predicted molar refractivity (Wildman–Crippen MR) is 76.7 cm³/mol. The predicted octanol–water partition coefficient (Wildman–Crippen LogP) is 1.25. The highest BCUT2D eigenvalue weighted by molar-refractivity contribution is 6.31. The van der Waals surface area contributed by atoms with Gasteiger partial charge >= 0.3 is 12.0 Å². The zero-order valence-corrected chi connectivity index (χ0v) is 12.4. The maximum absolute atomic E-state index is 11.6. The van der Waals surface area contributed by atoms with Crippen molar-refractivity contribution in [2.45, 2.75) is 12.6 Å². The van der Waals surface area contributed by atoms with Crippen molar-refractivity contribution in [2.24, 2.45) is 0 Å². The molecule has 2 amide bonds. The molecule has 0 heterocycles. The Bertz CT molecular complexity index is 509. The summed E-state index contributed by atoms with van der Waals surface area (Å²) in [5.41, 5.74) is 0.637. The lowest BCUT2D eigenvalue weighted by Crippen LogP contribution is -2.42. The topological polar surface area (TPSA) is 96.9 Å². The number of aliphatic carboxylic acids is 1. The van der Waals surface area contributed by atoms with Gasteiger partial charge in [0.25, 0.3) is 0 Å². The first-order valence-corrected chi connectivity index (χ1v) is 6.46. The largest absolute Gasteiger partial charge is 0.496 e. The molecule has 0 fully saturated rings. The van der Waals surface area contributed by atoms with Crippen LogP contribution in [0.4, 0.5) is 4.79 Å². The Morgan fingerprint density at radius 3 is 2.62 bits per heavy atom. The molecule has 0 aliphatic carbocycles. The normalized spacial score (nSPS) is 11.6. The van der Waals surface area contributed by atoms with Gasteiger partial charge in [0.15, 0.2) is 6.10 Å². The molecule has 116 valence electrons. The first-order valence-electron chi connectivity index (χ1n) is 6.08. The summed E-state index contributed by atoms with van der Waals surface area (Å²) in [6, 6.07) is 4.62. The number of methoxy groups -OCH3 is 2. The van der Waals surface area contributed by atoms with E-state index in [0.717, 1.165) is 0 Å². The van der Waals surface area contributed by atoms with E-state index in [1.165, 1.54) is 14.2 Å². The van der Waals surface area contributed by atoms with Gasteiger partial charge in [0.05, 0.1) is 13.7 Å². The Kier molecular flexibility index (Phi) is 6.77. The fraction of sp³-hybridized carbons (Fsp3) is 0.385.